The molecule has 4 heteroatoms. The Morgan fingerprint density at radius 1 is 1.33 bits per heavy atom. The number of nitriles is 1. The molecule has 1 aliphatic heterocycles. The van der Waals surface area contributed by atoms with Gasteiger partial charge in [0.15, 0.2) is 0 Å². The Hall–Kier alpha value is -1.18. The van der Waals surface area contributed by atoms with Crippen molar-refractivity contribution in [2.45, 2.75) is 37.1 Å². The van der Waals surface area contributed by atoms with Gasteiger partial charge in [-0.1, -0.05) is 13.0 Å². The van der Waals surface area contributed by atoms with Gasteiger partial charge >= 0.3 is 0 Å². The van der Waals surface area contributed by atoms with E-state index in [0.29, 0.717) is 12.0 Å². The van der Waals surface area contributed by atoms with E-state index in [0.717, 1.165) is 53.7 Å². The lowest BCUT2D eigenvalue weighted by atomic mass is 9.79. The second-order valence-corrected chi connectivity index (χ2v) is 7.50. The summed E-state index contributed by atoms with van der Waals surface area (Å²) in [6.07, 6.45) is 3.55. The van der Waals surface area contributed by atoms with Crippen LogP contribution in [0.15, 0.2) is 23.1 Å². The SMILES string of the molecule is CCSc1cccc(N2C[C@H]3CCC(N)C[C@H]3C2)c1C#N. The Morgan fingerprint density at radius 3 is 2.90 bits per heavy atom. The number of fused-ring (bicyclic) bond motifs is 1. The molecule has 2 fully saturated rings. The van der Waals surface area contributed by atoms with Gasteiger partial charge in [-0.3, -0.25) is 0 Å². The Balaban J connectivity index is 1.85. The van der Waals surface area contributed by atoms with Crippen LogP contribution in [0.25, 0.3) is 0 Å². The van der Waals surface area contributed by atoms with E-state index in [4.69, 9.17) is 5.73 Å². The first-order valence-corrected chi connectivity index (χ1v) is 8.88. The van der Waals surface area contributed by atoms with Crippen molar-refractivity contribution in [3.8, 4) is 6.07 Å². The van der Waals surface area contributed by atoms with Crippen molar-refractivity contribution < 1.29 is 0 Å². The molecular weight excluding hydrogens is 278 g/mol. The highest BCUT2D eigenvalue weighted by Gasteiger charge is 2.37. The van der Waals surface area contributed by atoms with Crippen LogP contribution in [0.3, 0.4) is 0 Å². The quantitative estimate of drug-likeness (QED) is 0.871. The van der Waals surface area contributed by atoms with Crippen LogP contribution >= 0.6 is 11.8 Å². The van der Waals surface area contributed by atoms with Gasteiger partial charge in [-0.25, -0.2) is 0 Å². The van der Waals surface area contributed by atoms with E-state index >= 15 is 0 Å². The zero-order valence-corrected chi connectivity index (χ0v) is 13.4. The number of thioether (sulfide) groups is 1. The molecule has 1 unspecified atom stereocenters. The lowest BCUT2D eigenvalue weighted by molar-refractivity contribution is 0.271. The molecular formula is C17H23N3S. The second kappa shape index (κ2) is 6.29. The van der Waals surface area contributed by atoms with E-state index in [1.54, 1.807) is 11.8 Å². The van der Waals surface area contributed by atoms with Gasteiger partial charge in [-0.2, -0.15) is 5.26 Å². The molecule has 21 heavy (non-hydrogen) atoms. The Bertz CT molecular complexity index is 551. The third kappa shape index (κ3) is 2.90. The van der Waals surface area contributed by atoms with Crippen LogP contribution in [0.1, 0.15) is 31.7 Å². The summed E-state index contributed by atoms with van der Waals surface area (Å²) in [6.45, 7) is 4.28. The van der Waals surface area contributed by atoms with Crippen molar-refractivity contribution in [2.24, 2.45) is 17.6 Å². The second-order valence-electron chi connectivity index (χ2n) is 6.19. The molecule has 0 amide bonds. The predicted octanol–water partition coefficient (Wildman–Crippen LogP) is 3.23. The summed E-state index contributed by atoms with van der Waals surface area (Å²) in [4.78, 5) is 3.54. The van der Waals surface area contributed by atoms with Crippen LogP contribution in [0.4, 0.5) is 5.69 Å². The minimum absolute atomic E-state index is 0.378. The largest absolute Gasteiger partial charge is 0.370 e. The molecule has 0 aromatic heterocycles. The summed E-state index contributed by atoms with van der Waals surface area (Å²) in [5.74, 6) is 2.47. The van der Waals surface area contributed by atoms with Crippen molar-refractivity contribution in [1.29, 1.82) is 5.26 Å². The third-order valence-corrected chi connectivity index (χ3v) is 5.79. The van der Waals surface area contributed by atoms with Crippen molar-refractivity contribution in [3.63, 3.8) is 0 Å². The summed E-state index contributed by atoms with van der Waals surface area (Å²) in [7, 11) is 0. The lowest BCUT2D eigenvalue weighted by Crippen LogP contribution is -2.32. The minimum Gasteiger partial charge on any atom is -0.370 e. The first-order chi connectivity index (χ1) is 10.2. The summed E-state index contributed by atoms with van der Waals surface area (Å²) >= 11 is 1.76. The van der Waals surface area contributed by atoms with E-state index in [-0.39, 0.29) is 0 Å². The number of rotatable bonds is 3. The van der Waals surface area contributed by atoms with Gasteiger partial charge in [-0.15, -0.1) is 11.8 Å². The highest BCUT2D eigenvalue weighted by molar-refractivity contribution is 7.99. The summed E-state index contributed by atoms with van der Waals surface area (Å²) in [6, 6.07) is 9.06. The normalized spacial score (nSPS) is 28.2. The van der Waals surface area contributed by atoms with E-state index in [1.165, 1.54) is 6.42 Å². The van der Waals surface area contributed by atoms with E-state index in [9.17, 15) is 5.26 Å². The molecule has 0 radical (unpaired) electrons. The van der Waals surface area contributed by atoms with E-state index in [1.807, 2.05) is 0 Å². The fourth-order valence-corrected chi connectivity index (χ4v) is 4.62. The molecule has 0 spiro atoms. The van der Waals surface area contributed by atoms with Gasteiger partial charge in [0.2, 0.25) is 0 Å². The van der Waals surface area contributed by atoms with Crippen molar-refractivity contribution >= 4 is 17.4 Å². The number of nitrogens with two attached hydrogens (primary N) is 1. The zero-order valence-electron chi connectivity index (χ0n) is 12.6. The molecule has 3 nitrogen and oxygen atoms in total. The van der Waals surface area contributed by atoms with Gasteiger partial charge in [0.05, 0.1) is 11.3 Å². The standard InChI is InChI=1S/C17H23N3S/c1-2-21-17-5-3-4-16(15(17)9-18)20-10-12-6-7-14(19)8-13(12)11-20/h3-5,12-14H,2,6-8,10-11,19H2,1H3/t12-,13+,14?/m1/s1. The predicted molar refractivity (Wildman–Crippen MR) is 88.6 cm³/mol. The third-order valence-electron chi connectivity index (χ3n) is 4.85. The van der Waals surface area contributed by atoms with Crippen molar-refractivity contribution in [1.82, 2.24) is 0 Å². The number of anilines is 1. The molecule has 2 aliphatic rings. The van der Waals surface area contributed by atoms with Gasteiger partial charge in [-0.05, 0) is 49.0 Å². The molecule has 112 valence electrons. The summed E-state index contributed by atoms with van der Waals surface area (Å²) in [5, 5.41) is 9.58. The summed E-state index contributed by atoms with van der Waals surface area (Å²) < 4.78 is 0. The maximum absolute atomic E-state index is 9.58. The monoisotopic (exact) mass is 301 g/mol. The van der Waals surface area contributed by atoms with Crippen LogP contribution in [0.2, 0.25) is 0 Å². The Labute approximate surface area is 131 Å². The average molecular weight is 301 g/mol. The van der Waals surface area contributed by atoms with Gasteiger partial charge < -0.3 is 10.6 Å². The van der Waals surface area contributed by atoms with Crippen LogP contribution in [-0.4, -0.2) is 24.9 Å². The molecule has 1 saturated carbocycles. The highest BCUT2D eigenvalue weighted by Crippen LogP contribution is 2.40. The van der Waals surface area contributed by atoms with Gasteiger partial charge in [0.1, 0.15) is 6.07 Å². The Morgan fingerprint density at radius 2 is 2.14 bits per heavy atom. The van der Waals surface area contributed by atoms with Crippen LogP contribution in [-0.2, 0) is 0 Å². The van der Waals surface area contributed by atoms with Crippen molar-refractivity contribution in [3.05, 3.63) is 23.8 Å². The number of hydrogen-bond donors (Lipinski definition) is 1. The molecule has 1 aromatic rings. The Kier molecular flexibility index (Phi) is 4.42. The highest BCUT2D eigenvalue weighted by atomic mass is 32.2. The molecule has 1 heterocycles. The van der Waals surface area contributed by atoms with Crippen LogP contribution in [0, 0.1) is 23.2 Å². The fraction of sp³-hybridized carbons (Fsp3) is 0.588. The first-order valence-electron chi connectivity index (χ1n) is 7.89. The van der Waals surface area contributed by atoms with E-state index < -0.39 is 0 Å². The first kappa shape index (κ1) is 14.7. The zero-order chi connectivity index (χ0) is 14.8. The molecule has 3 rings (SSSR count). The molecule has 3 atom stereocenters. The number of benzene rings is 1. The fourth-order valence-electron chi connectivity index (χ4n) is 3.84. The maximum atomic E-state index is 9.58. The molecule has 0 bridgehead atoms. The minimum atomic E-state index is 0.378. The smallest absolute Gasteiger partial charge is 0.103 e. The molecule has 1 aliphatic carbocycles. The maximum Gasteiger partial charge on any atom is 0.103 e. The molecule has 1 aromatic carbocycles. The number of hydrogen-bond acceptors (Lipinski definition) is 4. The average Bonchev–Trinajstić information content (AvgIpc) is 2.90. The topological polar surface area (TPSA) is 53.0 Å². The molecule has 2 N–H and O–H groups in total. The van der Waals surface area contributed by atoms with E-state index in [2.05, 4.69) is 36.1 Å². The van der Waals surface area contributed by atoms with Gasteiger partial charge in [0, 0.05) is 24.0 Å². The lowest BCUT2D eigenvalue weighted by Gasteiger charge is -2.27. The van der Waals surface area contributed by atoms with Gasteiger partial charge in [0.25, 0.3) is 0 Å². The van der Waals surface area contributed by atoms with Crippen LogP contribution < -0.4 is 10.6 Å². The number of nitrogens with zero attached hydrogens (tertiary/aromatic N) is 2. The van der Waals surface area contributed by atoms with Crippen molar-refractivity contribution in [2.75, 3.05) is 23.7 Å². The van der Waals surface area contributed by atoms with Crippen LogP contribution in [0.5, 0.6) is 0 Å². The summed E-state index contributed by atoms with van der Waals surface area (Å²) in [5.41, 5.74) is 8.10. The molecule has 1 saturated heterocycles.